The molecule has 0 spiro atoms. The predicted molar refractivity (Wildman–Crippen MR) is 273 cm³/mol. The molecule has 7 atom stereocenters. The van der Waals surface area contributed by atoms with Crippen molar-refractivity contribution in [3.8, 4) is 0 Å². The topological polar surface area (TPSA) is 349 Å². The molecule has 2 aromatic carbocycles. The lowest BCUT2D eigenvalue weighted by molar-refractivity contribution is -0.135. The summed E-state index contributed by atoms with van der Waals surface area (Å²) >= 11 is 0. The number of carbonyl (C=O) groups is 9. The second-order valence-corrected chi connectivity index (χ2v) is 18.7. The van der Waals surface area contributed by atoms with E-state index in [1.165, 1.54) is 19.4 Å². The molecule has 5 rings (SSSR count). The normalized spacial score (nSPS) is 20.5. The summed E-state index contributed by atoms with van der Waals surface area (Å²) < 4.78 is 0. The first-order chi connectivity index (χ1) is 35.0. The molecule has 4 aromatic rings. The Morgan fingerprint density at radius 3 is 2.29 bits per heavy atom. The highest BCUT2D eigenvalue weighted by Gasteiger charge is 2.35. The molecule has 6 amide bonds. The summed E-state index contributed by atoms with van der Waals surface area (Å²) in [5, 5.41) is 14.5. The highest BCUT2D eigenvalue weighted by molar-refractivity contribution is 5.98. The summed E-state index contributed by atoms with van der Waals surface area (Å²) in [6, 6.07) is 11.4. The largest absolute Gasteiger partial charge is 0.370 e. The molecule has 1 saturated heterocycles. The number of aliphatic imine (C=N–C) groups is 1. The molecule has 0 bridgehead atoms. The molecule has 0 aliphatic carbocycles. The second-order valence-electron chi connectivity index (χ2n) is 18.7. The number of benzene rings is 2. The monoisotopic (exact) mass is 1010 g/mol. The summed E-state index contributed by atoms with van der Waals surface area (Å²) in [6.45, 7) is 3.21. The number of H-pyrrole nitrogens is 2. The summed E-state index contributed by atoms with van der Waals surface area (Å²) in [5.41, 5.74) is 19.8. The molecular weight excluding hydrogens is 937 g/mol. The summed E-state index contributed by atoms with van der Waals surface area (Å²) in [6.07, 6.45) is 4.95. The summed E-state index contributed by atoms with van der Waals surface area (Å²) in [7, 11) is 0. The van der Waals surface area contributed by atoms with Gasteiger partial charge in [0.15, 0.2) is 11.7 Å². The third-order valence-corrected chi connectivity index (χ3v) is 13.1. The fourth-order valence-electron chi connectivity index (χ4n) is 9.02. The lowest BCUT2D eigenvalue weighted by Gasteiger charge is -2.27. The van der Waals surface area contributed by atoms with E-state index in [0.717, 1.165) is 16.5 Å². The predicted octanol–water partition coefficient (Wildman–Crippen LogP) is 1.63. The fraction of sp³-hybridized carbons (Fsp3) is 0.481. The number of nitrogens with two attached hydrogens (primary N) is 3. The van der Waals surface area contributed by atoms with E-state index in [4.69, 9.17) is 17.2 Å². The number of Topliss-reactive ketones (excluding diaryl/α,β-unsaturated/α-hetero) is 3. The molecule has 2 aromatic heterocycles. The number of nitrogens with one attached hydrogen (secondary N) is 7. The van der Waals surface area contributed by atoms with Crippen LogP contribution in [0.5, 0.6) is 0 Å². The Labute approximate surface area is 424 Å². The minimum absolute atomic E-state index is 0.00581. The van der Waals surface area contributed by atoms with E-state index in [1.807, 2.05) is 31.2 Å². The maximum Gasteiger partial charge on any atom is 0.243 e. The highest BCUT2D eigenvalue weighted by Crippen LogP contribution is 2.27. The zero-order valence-corrected chi connectivity index (χ0v) is 41.6. The lowest BCUT2D eigenvalue weighted by Crippen LogP contribution is -2.58. The number of amides is 6. The van der Waals surface area contributed by atoms with Crippen molar-refractivity contribution in [2.45, 2.75) is 128 Å². The first kappa shape index (κ1) is 56.2. The number of rotatable bonds is 20. The van der Waals surface area contributed by atoms with Gasteiger partial charge in [-0.1, -0.05) is 68.3 Å². The summed E-state index contributed by atoms with van der Waals surface area (Å²) in [5.74, 6) is -8.52. The van der Waals surface area contributed by atoms with Crippen LogP contribution in [-0.4, -0.2) is 111 Å². The molecule has 1 aliphatic rings. The molecule has 392 valence electrons. The van der Waals surface area contributed by atoms with Crippen LogP contribution in [0.3, 0.4) is 0 Å². The van der Waals surface area contributed by atoms with Gasteiger partial charge in [-0.2, -0.15) is 0 Å². The Morgan fingerprint density at radius 2 is 1.59 bits per heavy atom. The van der Waals surface area contributed by atoms with Crippen molar-refractivity contribution in [1.82, 2.24) is 41.5 Å². The molecule has 21 nitrogen and oxygen atoms in total. The number of hydrogen-bond donors (Lipinski definition) is 10. The van der Waals surface area contributed by atoms with Gasteiger partial charge < -0.3 is 53.8 Å². The maximum atomic E-state index is 14.7. The van der Waals surface area contributed by atoms with Gasteiger partial charge in [0, 0.05) is 98.9 Å². The number of fused-ring (bicyclic) bond motifs is 1. The van der Waals surface area contributed by atoms with Crippen LogP contribution in [0.25, 0.3) is 10.9 Å². The van der Waals surface area contributed by atoms with Gasteiger partial charge in [0.1, 0.15) is 29.7 Å². The van der Waals surface area contributed by atoms with Crippen molar-refractivity contribution in [3.05, 3.63) is 90.1 Å². The standard InChI is InChI=1S/C52H70N12O9/c1-3-4-15-40(61-31(2)65)49(71)62-41-17-18-47(69)57-21-19-34(45(67)26-35(48(53)70)23-36-28-59-39-16-9-8-14-38(36)39)24-44(66)33(13-10-20-58-52(54)55)25-46(68)42(22-32-11-6-5-7-12-32)63-51(73)43(64-50(41)72)27-37-29-56-30-60-37/h5-9,11-12,14,16,28-30,33-35,40-43,59H,3-4,10,13,15,17-27H2,1-2H3,(H2,53,70)(H,56,60)(H,57,69)(H,61,65)(H,62,71)(H,63,73)(H,64,72)(H4,54,55,58)/t33-,34-,35+,40+,41+,42-,43+/m1/s1. The van der Waals surface area contributed by atoms with Crippen molar-refractivity contribution < 1.29 is 43.2 Å². The fourth-order valence-corrected chi connectivity index (χ4v) is 9.02. The van der Waals surface area contributed by atoms with E-state index in [2.05, 4.69) is 46.5 Å². The lowest BCUT2D eigenvalue weighted by atomic mass is 9.81. The van der Waals surface area contributed by atoms with Crippen molar-refractivity contribution >= 4 is 69.7 Å². The van der Waals surface area contributed by atoms with E-state index in [0.29, 0.717) is 24.1 Å². The quantitative estimate of drug-likeness (QED) is 0.0343. The van der Waals surface area contributed by atoms with E-state index in [1.54, 1.807) is 36.5 Å². The SMILES string of the molecule is CCCC[C@H](NC(C)=O)C(=O)N[C@H]1CCC(=O)NCC[C@@H](C(=O)C[C@H](Cc2c[nH]c3ccccc23)C(N)=O)CC(=O)[C@H](CCCN=C(N)N)CC(=O)[C@@H](Cc2ccccc2)NC(=O)[C@H](Cc2cnc[nH]2)NC1=O. The van der Waals surface area contributed by atoms with E-state index in [9.17, 15) is 43.2 Å². The molecule has 1 fully saturated rings. The first-order valence-electron chi connectivity index (χ1n) is 24.9. The van der Waals surface area contributed by atoms with E-state index >= 15 is 0 Å². The smallest absolute Gasteiger partial charge is 0.243 e. The average molecular weight is 1010 g/mol. The Bertz CT molecular complexity index is 2560. The maximum absolute atomic E-state index is 14.7. The van der Waals surface area contributed by atoms with Crippen LogP contribution < -0.4 is 43.8 Å². The van der Waals surface area contributed by atoms with Gasteiger partial charge >= 0.3 is 0 Å². The third-order valence-electron chi connectivity index (χ3n) is 13.1. The number of hydrogen-bond acceptors (Lipinski definition) is 11. The average Bonchev–Trinajstić information content (AvgIpc) is 4.03. The van der Waals surface area contributed by atoms with E-state index in [-0.39, 0.29) is 96.1 Å². The first-order valence-corrected chi connectivity index (χ1v) is 24.9. The van der Waals surface area contributed by atoms with Crippen LogP contribution in [-0.2, 0) is 62.4 Å². The van der Waals surface area contributed by atoms with Crippen molar-refractivity contribution in [1.29, 1.82) is 0 Å². The molecule has 1 aliphatic heterocycles. The number of imidazole rings is 1. The molecule has 73 heavy (non-hydrogen) atoms. The van der Waals surface area contributed by atoms with Crippen LogP contribution in [0.1, 0.15) is 101 Å². The van der Waals surface area contributed by atoms with Gasteiger partial charge in [0.2, 0.25) is 35.4 Å². The Kier molecular flexibility index (Phi) is 21.8. The highest BCUT2D eigenvalue weighted by atomic mass is 16.2. The number of nitrogens with zero attached hydrogens (tertiary/aromatic N) is 2. The van der Waals surface area contributed by atoms with Gasteiger partial charge in [-0.05, 0) is 62.1 Å². The number of para-hydroxylation sites is 1. The van der Waals surface area contributed by atoms with Crippen LogP contribution in [0, 0.1) is 17.8 Å². The third kappa shape index (κ3) is 18.1. The van der Waals surface area contributed by atoms with Crippen molar-refractivity contribution in [3.63, 3.8) is 0 Å². The number of guanidine groups is 1. The molecule has 21 heteroatoms. The summed E-state index contributed by atoms with van der Waals surface area (Å²) in [4.78, 5) is 139. The number of carbonyl (C=O) groups excluding carboxylic acids is 9. The molecule has 0 saturated carbocycles. The number of unbranched alkanes of at least 4 members (excludes halogenated alkanes) is 1. The number of aromatic amines is 2. The van der Waals surface area contributed by atoms with Gasteiger partial charge in [0.05, 0.1) is 12.4 Å². The van der Waals surface area contributed by atoms with Crippen LogP contribution in [0.2, 0.25) is 0 Å². The zero-order chi connectivity index (χ0) is 52.9. The van der Waals surface area contributed by atoms with Gasteiger partial charge in [0.25, 0.3) is 0 Å². The van der Waals surface area contributed by atoms with Crippen molar-refractivity contribution in [2.75, 3.05) is 13.1 Å². The number of aromatic nitrogens is 3. The molecular formula is C52H70N12O9. The van der Waals surface area contributed by atoms with Crippen LogP contribution in [0.15, 0.2) is 78.3 Å². The van der Waals surface area contributed by atoms with E-state index < -0.39 is 94.7 Å². The Hall–Kier alpha value is -7.71. The number of primary amides is 1. The molecule has 13 N–H and O–H groups in total. The van der Waals surface area contributed by atoms with Gasteiger partial charge in [-0.25, -0.2) is 4.98 Å². The number of ketones is 3. The van der Waals surface area contributed by atoms with Gasteiger partial charge in [-0.15, -0.1) is 0 Å². The van der Waals surface area contributed by atoms with Crippen LogP contribution in [0.4, 0.5) is 0 Å². The van der Waals surface area contributed by atoms with Gasteiger partial charge in [-0.3, -0.25) is 48.1 Å². The zero-order valence-electron chi connectivity index (χ0n) is 41.6. The minimum Gasteiger partial charge on any atom is -0.370 e. The second kappa shape index (κ2) is 28.4. The van der Waals surface area contributed by atoms with Crippen molar-refractivity contribution in [2.24, 2.45) is 39.9 Å². The minimum atomic E-state index is -1.40. The molecule has 3 heterocycles. The molecule has 0 unspecified atom stereocenters. The molecule has 0 radical (unpaired) electrons. The Morgan fingerprint density at radius 1 is 0.849 bits per heavy atom. The Balaban J connectivity index is 1.52. The van der Waals surface area contributed by atoms with Crippen LogP contribution >= 0.6 is 0 Å².